The largest absolute Gasteiger partial charge is 0.489 e. The Labute approximate surface area is 128 Å². The first kappa shape index (κ1) is 13.9. The van der Waals surface area contributed by atoms with Crippen LogP contribution >= 0.6 is 0 Å². The molecule has 0 spiro atoms. The van der Waals surface area contributed by atoms with Crippen molar-refractivity contribution in [1.29, 1.82) is 0 Å². The number of rotatable bonds is 3. The van der Waals surface area contributed by atoms with Crippen molar-refractivity contribution in [3.05, 3.63) is 59.7 Å². The Balaban J connectivity index is 1.64. The monoisotopic (exact) mass is 296 g/mol. The summed E-state index contributed by atoms with van der Waals surface area (Å²) in [7, 11) is 0. The van der Waals surface area contributed by atoms with Crippen molar-refractivity contribution in [3.8, 4) is 5.75 Å². The molecule has 0 aromatic heterocycles. The van der Waals surface area contributed by atoms with Gasteiger partial charge >= 0.3 is 6.03 Å². The van der Waals surface area contributed by atoms with Gasteiger partial charge in [0, 0.05) is 12.5 Å². The number of primary amides is 1. The van der Waals surface area contributed by atoms with E-state index < -0.39 is 6.03 Å². The van der Waals surface area contributed by atoms with Crippen LogP contribution in [0.5, 0.6) is 5.75 Å². The summed E-state index contributed by atoms with van der Waals surface area (Å²) in [6.45, 7) is 0.512. The van der Waals surface area contributed by atoms with E-state index in [1.165, 1.54) is 0 Å². The molecule has 0 bridgehead atoms. The van der Waals surface area contributed by atoms with E-state index in [1.807, 2.05) is 48.5 Å². The van der Waals surface area contributed by atoms with Crippen LogP contribution < -0.4 is 21.3 Å². The zero-order valence-corrected chi connectivity index (χ0v) is 11.9. The summed E-state index contributed by atoms with van der Waals surface area (Å²) >= 11 is 0. The van der Waals surface area contributed by atoms with Crippen LogP contribution in [0.25, 0.3) is 0 Å². The van der Waals surface area contributed by atoms with E-state index in [2.05, 4.69) is 15.8 Å². The number of nitrogens with one attached hydrogen (secondary N) is 2. The summed E-state index contributed by atoms with van der Waals surface area (Å²) in [5.41, 5.74) is 13.0. The average Bonchev–Trinajstić information content (AvgIpc) is 2.94. The van der Waals surface area contributed by atoms with Gasteiger partial charge in [-0.25, -0.2) is 9.79 Å². The number of aliphatic imine (C=N–C) groups is 1. The molecule has 6 nitrogen and oxygen atoms in total. The van der Waals surface area contributed by atoms with Crippen LogP contribution in [0.1, 0.15) is 11.1 Å². The molecule has 112 valence electrons. The maximum Gasteiger partial charge on any atom is 0.330 e. The molecule has 1 heterocycles. The number of amidine groups is 1. The van der Waals surface area contributed by atoms with Crippen molar-refractivity contribution in [1.82, 2.24) is 10.9 Å². The molecule has 2 amide bonds. The lowest BCUT2D eigenvalue weighted by Gasteiger charge is -2.07. The predicted molar refractivity (Wildman–Crippen MR) is 83.9 cm³/mol. The zero-order chi connectivity index (χ0) is 15.4. The molecule has 3 rings (SSSR count). The lowest BCUT2D eigenvalue weighted by atomic mass is 10.1. The van der Waals surface area contributed by atoms with Gasteiger partial charge in [0.15, 0.2) is 0 Å². The van der Waals surface area contributed by atoms with Gasteiger partial charge in [0.1, 0.15) is 18.2 Å². The van der Waals surface area contributed by atoms with Gasteiger partial charge in [0.2, 0.25) is 0 Å². The van der Waals surface area contributed by atoms with Gasteiger partial charge in [-0.3, -0.25) is 10.9 Å². The first-order valence-corrected chi connectivity index (χ1v) is 6.89. The zero-order valence-electron chi connectivity index (χ0n) is 11.9. The van der Waals surface area contributed by atoms with Gasteiger partial charge in [-0.15, -0.1) is 0 Å². The Morgan fingerprint density at radius 1 is 1.23 bits per heavy atom. The molecule has 0 unspecified atom stereocenters. The quantitative estimate of drug-likeness (QED) is 0.757. The molecular weight excluding hydrogens is 280 g/mol. The van der Waals surface area contributed by atoms with E-state index in [0.717, 1.165) is 22.6 Å². The lowest BCUT2D eigenvalue weighted by Crippen LogP contribution is -2.44. The molecule has 6 heteroatoms. The first-order chi connectivity index (χ1) is 10.7. The summed E-state index contributed by atoms with van der Waals surface area (Å²) < 4.78 is 5.77. The second kappa shape index (κ2) is 6.17. The molecule has 22 heavy (non-hydrogen) atoms. The number of ether oxygens (including phenoxy) is 1. The number of urea groups is 1. The molecule has 1 aliphatic rings. The smallest absolute Gasteiger partial charge is 0.330 e. The van der Waals surface area contributed by atoms with Crippen molar-refractivity contribution in [3.63, 3.8) is 0 Å². The molecule has 0 saturated carbocycles. The molecule has 0 saturated heterocycles. The topological polar surface area (TPSA) is 88.7 Å². The highest BCUT2D eigenvalue weighted by molar-refractivity contribution is 5.93. The van der Waals surface area contributed by atoms with Gasteiger partial charge in [-0.2, -0.15) is 0 Å². The summed E-state index contributed by atoms with van der Waals surface area (Å²) in [5.74, 6) is 1.41. The fourth-order valence-electron chi connectivity index (χ4n) is 2.20. The van der Waals surface area contributed by atoms with Gasteiger partial charge in [-0.1, -0.05) is 36.4 Å². The van der Waals surface area contributed by atoms with Gasteiger partial charge < -0.3 is 10.5 Å². The number of hydrazine groups is 1. The van der Waals surface area contributed by atoms with Crippen LogP contribution in [0.3, 0.4) is 0 Å². The van der Waals surface area contributed by atoms with Crippen molar-refractivity contribution >= 4 is 17.6 Å². The molecule has 2 aromatic carbocycles. The number of amides is 2. The van der Waals surface area contributed by atoms with Crippen molar-refractivity contribution in [2.75, 3.05) is 0 Å². The Bertz CT molecular complexity index is 713. The van der Waals surface area contributed by atoms with Gasteiger partial charge in [-0.05, 0) is 17.2 Å². The number of hydrogen-bond acceptors (Lipinski definition) is 4. The highest BCUT2D eigenvalue weighted by Gasteiger charge is 2.15. The fourth-order valence-corrected chi connectivity index (χ4v) is 2.20. The molecule has 4 N–H and O–H groups in total. The minimum Gasteiger partial charge on any atom is -0.489 e. The molecule has 0 aliphatic carbocycles. The van der Waals surface area contributed by atoms with Crippen molar-refractivity contribution < 1.29 is 9.53 Å². The number of carbonyl (C=O) groups excluding carboxylic acids is 1. The maximum absolute atomic E-state index is 10.7. The summed E-state index contributed by atoms with van der Waals surface area (Å²) in [6, 6.07) is 15.1. The summed E-state index contributed by atoms with van der Waals surface area (Å²) in [6.07, 6.45) is 0.620. The van der Waals surface area contributed by atoms with E-state index >= 15 is 0 Å². The predicted octanol–water partition coefficient (Wildman–Crippen LogP) is 2.02. The minimum absolute atomic E-state index is 0.512. The number of hydrogen-bond donors (Lipinski definition) is 3. The Kier molecular flexibility index (Phi) is 3.91. The van der Waals surface area contributed by atoms with E-state index in [0.29, 0.717) is 18.9 Å². The second-order valence-electron chi connectivity index (χ2n) is 4.91. The van der Waals surface area contributed by atoms with Crippen LogP contribution in [0.4, 0.5) is 10.5 Å². The Hall–Kier alpha value is -3.02. The highest BCUT2D eigenvalue weighted by atomic mass is 16.5. The van der Waals surface area contributed by atoms with Crippen molar-refractivity contribution in [2.24, 2.45) is 10.7 Å². The Morgan fingerprint density at radius 2 is 2.05 bits per heavy atom. The maximum atomic E-state index is 10.7. The average molecular weight is 296 g/mol. The van der Waals surface area contributed by atoms with Crippen LogP contribution in [0, 0.1) is 0 Å². The summed E-state index contributed by atoms with van der Waals surface area (Å²) in [4.78, 5) is 15.1. The third kappa shape index (κ3) is 3.35. The van der Waals surface area contributed by atoms with Crippen LogP contribution in [0.2, 0.25) is 0 Å². The van der Waals surface area contributed by atoms with Crippen molar-refractivity contribution in [2.45, 2.75) is 13.0 Å². The fraction of sp³-hybridized carbons (Fsp3) is 0.125. The van der Waals surface area contributed by atoms with Crippen LogP contribution in [0.15, 0.2) is 53.5 Å². The summed E-state index contributed by atoms with van der Waals surface area (Å²) in [5, 5.41) is 0. The van der Waals surface area contributed by atoms with Gasteiger partial charge in [0.25, 0.3) is 0 Å². The normalized spacial score (nSPS) is 12.3. The number of fused-ring (bicyclic) bond motifs is 1. The van der Waals surface area contributed by atoms with E-state index in [1.54, 1.807) is 0 Å². The lowest BCUT2D eigenvalue weighted by molar-refractivity contribution is 0.247. The second-order valence-corrected chi connectivity index (χ2v) is 4.91. The molecule has 2 aromatic rings. The highest BCUT2D eigenvalue weighted by Crippen LogP contribution is 2.30. The molecule has 0 atom stereocenters. The number of nitrogens with zero attached hydrogens (tertiary/aromatic N) is 1. The third-order valence-corrected chi connectivity index (χ3v) is 3.25. The molecule has 1 aliphatic heterocycles. The molecule has 0 fully saturated rings. The van der Waals surface area contributed by atoms with E-state index in [-0.39, 0.29) is 0 Å². The number of benzene rings is 2. The minimum atomic E-state index is -0.648. The van der Waals surface area contributed by atoms with Crippen LogP contribution in [-0.4, -0.2) is 11.9 Å². The SMILES string of the molecule is NC(=O)NNC1=Nc2cc(OCc3ccccc3)ccc2C1. The van der Waals surface area contributed by atoms with E-state index in [4.69, 9.17) is 10.5 Å². The standard InChI is InChI=1S/C16H16N4O2/c17-16(21)20-19-15-8-12-6-7-13(9-14(12)18-15)22-10-11-4-2-1-3-5-11/h1-7,9H,8,10H2,(H,18,19)(H3,17,20,21). The van der Waals surface area contributed by atoms with E-state index in [9.17, 15) is 4.79 Å². The number of nitrogens with two attached hydrogens (primary N) is 1. The number of carbonyl (C=O) groups is 1. The Morgan fingerprint density at radius 3 is 2.82 bits per heavy atom. The van der Waals surface area contributed by atoms with Crippen LogP contribution in [-0.2, 0) is 13.0 Å². The third-order valence-electron chi connectivity index (χ3n) is 3.25. The first-order valence-electron chi connectivity index (χ1n) is 6.89. The van der Waals surface area contributed by atoms with Gasteiger partial charge in [0.05, 0.1) is 5.69 Å². The molecular formula is C16H16N4O2. The molecule has 0 radical (unpaired) electrons.